The van der Waals surface area contributed by atoms with Crippen molar-refractivity contribution in [2.45, 2.75) is 33.6 Å². The Kier molecular flexibility index (Phi) is 8.27. The van der Waals surface area contributed by atoms with E-state index in [1.807, 2.05) is 6.92 Å². The molecule has 0 aromatic heterocycles. The first-order chi connectivity index (χ1) is 9.33. The highest BCUT2D eigenvalue weighted by atomic mass is 16.6. The minimum Gasteiger partial charge on any atom is -0.465 e. The van der Waals surface area contributed by atoms with E-state index in [0.29, 0.717) is 6.42 Å². The summed E-state index contributed by atoms with van der Waals surface area (Å²) in [6.07, 6.45) is 1.66. The fourth-order valence-corrected chi connectivity index (χ4v) is 0.996. The molecule has 0 aromatic carbocycles. The van der Waals surface area contributed by atoms with Gasteiger partial charge < -0.3 is 14.2 Å². The first kappa shape index (κ1) is 18.1. The zero-order valence-corrected chi connectivity index (χ0v) is 12.3. The fourth-order valence-electron chi connectivity index (χ4n) is 0.996. The lowest BCUT2D eigenvalue weighted by Crippen LogP contribution is -2.26. The Bertz CT molecular complexity index is 359. The van der Waals surface area contributed by atoms with Crippen LogP contribution in [0.1, 0.15) is 33.6 Å². The lowest BCUT2D eigenvalue weighted by Gasteiger charge is -2.20. The molecule has 6 heteroatoms. The second-order valence-electron chi connectivity index (χ2n) is 4.72. The third-order valence-corrected chi connectivity index (χ3v) is 2.73. The van der Waals surface area contributed by atoms with Crippen LogP contribution in [0.4, 0.5) is 0 Å². The SMILES string of the molecule is C=CC(=O)OCCOC(=O)CCOC(=O)C(C)(C)CC. The van der Waals surface area contributed by atoms with Gasteiger partial charge >= 0.3 is 17.9 Å². The van der Waals surface area contributed by atoms with Crippen LogP contribution in [0, 0.1) is 5.41 Å². The van der Waals surface area contributed by atoms with E-state index in [1.165, 1.54) is 0 Å². The van der Waals surface area contributed by atoms with E-state index in [2.05, 4.69) is 11.3 Å². The Labute approximate surface area is 119 Å². The maximum Gasteiger partial charge on any atom is 0.330 e. The molecule has 0 heterocycles. The van der Waals surface area contributed by atoms with Crippen molar-refractivity contribution in [3.8, 4) is 0 Å². The summed E-state index contributed by atoms with van der Waals surface area (Å²) in [6.45, 7) is 8.59. The lowest BCUT2D eigenvalue weighted by molar-refractivity contribution is -0.157. The summed E-state index contributed by atoms with van der Waals surface area (Å²) in [7, 11) is 0. The highest BCUT2D eigenvalue weighted by Gasteiger charge is 2.27. The van der Waals surface area contributed by atoms with Gasteiger partial charge in [-0.05, 0) is 20.3 Å². The quantitative estimate of drug-likeness (QED) is 0.277. The van der Waals surface area contributed by atoms with E-state index in [9.17, 15) is 14.4 Å². The van der Waals surface area contributed by atoms with Crippen molar-refractivity contribution < 1.29 is 28.6 Å². The van der Waals surface area contributed by atoms with Crippen molar-refractivity contribution in [2.24, 2.45) is 5.41 Å². The Morgan fingerprint density at radius 2 is 1.65 bits per heavy atom. The van der Waals surface area contributed by atoms with E-state index >= 15 is 0 Å². The summed E-state index contributed by atoms with van der Waals surface area (Å²) in [5.74, 6) is -1.42. The van der Waals surface area contributed by atoms with Gasteiger partial charge in [-0.2, -0.15) is 0 Å². The molecule has 20 heavy (non-hydrogen) atoms. The van der Waals surface area contributed by atoms with Gasteiger partial charge in [-0.1, -0.05) is 13.5 Å². The molecule has 0 radical (unpaired) electrons. The number of hydrogen-bond donors (Lipinski definition) is 0. The maximum atomic E-state index is 11.6. The van der Waals surface area contributed by atoms with E-state index in [1.54, 1.807) is 13.8 Å². The molecule has 0 rings (SSSR count). The molecule has 0 saturated carbocycles. The van der Waals surface area contributed by atoms with Crippen LogP contribution < -0.4 is 0 Å². The third-order valence-electron chi connectivity index (χ3n) is 2.73. The second kappa shape index (κ2) is 9.12. The van der Waals surface area contributed by atoms with E-state index < -0.39 is 17.4 Å². The lowest BCUT2D eigenvalue weighted by atomic mass is 9.91. The Morgan fingerprint density at radius 3 is 2.20 bits per heavy atom. The minimum atomic E-state index is -0.572. The minimum absolute atomic E-state index is 0.0203. The van der Waals surface area contributed by atoms with E-state index in [-0.39, 0.29) is 32.2 Å². The molecule has 0 unspecified atom stereocenters. The molecule has 0 atom stereocenters. The summed E-state index contributed by atoms with van der Waals surface area (Å²) in [6, 6.07) is 0. The summed E-state index contributed by atoms with van der Waals surface area (Å²) in [5, 5.41) is 0. The monoisotopic (exact) mass is 286 g/mol. The van der Waals surface area contributed by atoms with Gasteiger partial charge in [0.2, 0.25) is 0 Å². The summed E-state index contributed by atoms with van der Waals surface area (Å²) < 4.78 is 14.4. The van der Waals surface area contributed by atoms with E-state index in [0.717, 1.165) is 6.08 Å². The van der Waals surface area contributed by atoms with Gasteiger partial charge in [0.05, 0.1) is 11.8 Å². The van der Waals surface area contributed by atoms with Gasteiger partial charge in [-0.15, -0.1) is 0 Å². The van der Waals surface area contributed by atoms with Gasteiger partial charge in [0.25, 0.3) is 0 Å². The van der Waals surface area contributed by atoms with Gasteiger partial charge in [-0.3, -0.25) is 9.59 Å². The van der Waals surface area contributed by atoms with Crippen molar-refractivity contribution in [1.82, 2.24) is 0 Å². The van der Waals surface area contributed by atoms with Crippen LogP contribution in [0.25, 0.3) is 0 Å². The first-order valence-electron chi connectivity index (χ1n) is 6.45. The highest BCUT2D eigenvalue weighted by Crippen LogP contribution is 2.21. The molecule has 0 bridgehead atoms. The molecule has 0 amide bonds. The number of hydrogen-bond acceptors (Lipinski definition) is 6. The predicted molar refractivity (Wildman–Crippen MR) is 71.8 cm³/mol. The van der Waals surface area contributed by atoms with Gasteiger partial charge in [0.1, 0.15) is 19.8 Å². The van der Waals surface area contributed by atoms with Gasteiger partial charge in [-0.25, -0.2) is 4.79 Å². The molecule has 0 spiro atoms. The van der Waals surface area contributed by atoms with Crippen LogP contribution in [-0.2, 0) is 28.6 Å². The third kappa shape index (κ3) is 7.56. The molecule has 0 N–H and O–H groups in total. The largest absolute Gasteiger partial charge is 0.465 e. The molecule has 0 saturated heterocycles. The van der Waals surface area contributed by atoms with Crippen molar-refractivity contribution in [2.75, 3.05) is 19.8 Å². The molecule has 0 aromatic rings. The summed E-state index contributed by atoms with van der Waals surface area (Å²) >= 11 is 0. The van der Waals surface area contributed by atoms with Crippen LogP contribution in [0.3, 0.4) is 0 Å². The molecule has 6 nitrogen and oxygen atoms in total. The predicted octanol–water partition coefficient (Wildman–Crippen LogP) is 1.63. The van der Waals surface area contributed by atoms with Crippen LogP contribution in [0.2, 0.25) is 0 Å². The zero-order chi connectivity index (χ0) is 15.6. The second-order valence-corrected chi connectivity index (χ2v) is 4.72. The van der Waals surface area contributed by atoms with Crippen LogP contribution in [0.5, 0.6) is 0 Å². The Hall–Kier alpha value is -1.85. The summed E-state index contributed by atoms with van der Waals surface area (Å²) in [5.41, 5.74) is -0.553. The summed E-state index contributed by atoms with van der Waals surface area (Å²) in [4.78, 5) is 33.6. The fraction of sp³-hybridized carbons (Fsp3) is 0.643. The molecule has 0 fully saturated rings. The van der Waals surface area contributed by atoms with Crippen molar-refractivity contribution in [1.29, 1.82) is 0 Å². The number of ether oxygens (including phenoxy) is 3. The standard InChI is InChI=1S/C14H22O6/c1-5-11(15)18-9-10-19-12(16)7-8-20-13(17)14(3,4)6-2/h5H,1,6-10H2,2-4H3. The number of carbonyl (C=O) groups excluding carboxylic acids is 3. The van der Waals surface area contributed by atoms with Crippen molar-refractivity contribution in [3.05, 3.63) is 12.7 Å². The van der Waals surface area contributed by atoms with Crippen LogP contribution >= 0.6 is 0 Å². The van der Waals surface area contributed by atoms with E-state index in [4.69, 9.17) is 9.47 Å². The highest BCUT2D eigenvalue weighted by molar-refractivity contribution is 5.81. The number of rotatable bonds is 9. The first-order valence-corrected chi connectivity index (χ1v) is 6.45. The number of carbonyl (C=O) groups is 3. The maximum absolute atomic E-state index is 11.6. The topological polar surface area (TPSA) is 78.9 Å². The van der Waals surface area contributed by atoms with Gasteiger partial charge in [0.15, 0.2) is 0 Å². The van der Waals surface area contributed by atoms with Crippen LogP contribution in [0.15, 0.2) is 12.7 Å². The number of esters is 3. The smallest absolute Gasteiger partial charge is 0.330 e. The Balaban J connectivity index is 3.72. The molecular weight excluding hydrogens is 264 g/mol. The molecular formula is C14H22O6. The molecule has 114 valence electrons. The average molecular weight is 286 g/mol. The molecule has 0 aliphatic heterocycles. The van der Waals surface area contributed by atoms with Crippen molar-refractivity contribution in [3.63, 3.8) is 0 Å². The molecule has 0 aliphatic rings. The van der Waals surface area contributed by atoms with Crippen molar-refractivity contribution >= 4 is 17.9 Å². The van der Waals surface area contributed by atoms with Crippen LogP contribution in [-0.4, -0.2) is 37.7 Å². The zero-order valence-electron chi connectivity index (χ0n) is 12.3. The Morgan fingerprint density at radius 1 is 1.05 bits per heavy atom. The normalized spacial score (nSPS) is 10.6. The average Bonchev–Trinajstić information content (AvgIpc) is 2.42. The van der Waals surface area contributed by atoms with Gasteiger partial charge in [0, 0.05) is 6.08 Å². The molecule has 0 aliphatic carbocycles.